The highest BCUT2D eigenvalue weighted by Crippen LogP contribution is 2.09. The van der Waals surface area contributed by atoms with Crippen LogP contribution in [0.25, 0.3) is 0 Å². The molecule has 0 spiro atoms. The van der Waals surface area contributed by atoms with E-state index in [2.05, 4.69) is 20.6 Å². The minimum atomic E-state index is -3.78. The summed E-state index contributed by atoms with van der Waals surface area (Å²) in [5, 5.41) is 19.6. The third kappa shape index (κ3) is 6.40. The van der Waals surface area contributed by atoms with Crippen LogP contribution in [0.5, 0.6) is 0 Å². The van der Waals surface area contributed by atoms with Gasteiger partial charge in [-0.15, -0.1) is 0 Å². The zero-order valence-electron chi connectivity index (χ0n) is 14.6. The van der Waals surface area contributed by atoms with Crippen LogP contribution in [0.4, 0.5) is 0 Å². The van der Waals surface area contributed by atoms with Crippen molar-refractivity contribution in [2.24, 2.45) is 5.14 Å². The van der Waals surface area contributed by atoms with Crippen LogP contribution in [0.15, 0.2) is 41.7 Å². The van der Waals surface area contributed by atoms with E-state index in [1.807, 2.05) is 0 Å². The number of hydrogen-bond donors (Lipinski definition) is 5. The summed E-state index contributed by atoms with van der Waals surface area (Å²) in [7, 11) is -3.78. The number of amides is 1. The maximum absolute atomic E-state index is 12.0. The Balaban J connectivity index is 1.82. The third-order valence-corrected chi connectivity index (χ3v) is 5.00. The summed E-state index contributed by atoms with van der Waals surface area (Å²) in [6.07, 6.45) is 3.01. The molecule has 1 amide bonds. The van der Waals surface area contributed by atoms with E-state index in [-0.39, 0.29) is 24.3 Å². The fourth-order valence-corrected chi connectivity index (χ4v) is 3.02. The molecule has 1 heterocycles. The first kappa shape index (κ1) is 21.5. The molecule has 1 unspecified atom stereocenters. The summed E-state index contributed by atoms with van der Waals surface area (Å²) in [6.45, 7) is 0.179. The monoisotopic (exact) mass is 425 g/mol. The number of rotatable bonds is 9. The SMILES string of the molecule is NS(=O)(=O)c1ccc(C(=S)NCCC(=O)NC(Cc2cnc[nH]2)C(=O)O)cc1. The second kappa shape index (κ2) is 9.39. The predicted octanol–water partition coefficient (Wildman–Crippen LogP) is -0.476. The first-order valence-electron chi connectivity index (χ1n) is 8.07. The number of carboxylic acid groups (broad SMARTS) is 1. The second-order valence-electron chi connectivity index (χ2n) is 5.81. The molecule has 1 atom stereocenters. The number of imidazole rings is 1. The summed E-state index contributed by atoms with van der Waals surface area (Å²) in [6, 6.07) is 4.59. The zero-order valence-corrected chi connectivity index (χ0v) is 16.2. The lowest BCUT2D eigenvalue weighted by atomic mass is 10.1. The minimum absolute atomic E-state index is 0.00214. The number of carbonyl (C=O) groups is 2. The summed E-state index contributed by atoms with van der Waals surface area (Å²) >= 11 is 5.19. The largest absolute Gasteiger partial charge is 0.480 e. The Morgan fingerprint density at radius 2 is 1.96 bits per heavy atom. The van der Waals surface area contributed by atoms with Crippen molar-refractivity contribution in [3.63, 3.8) is 0 Å². The number of sulfonamides is 1. The summed E-state index contributed by atoms with van der Waals surface area (Å²) in [4.78, 5) is 30.2. The van der Waals surface area contributed by atoms with Gasteiger partial charge in [0, 0.05) is 36.8 Å². The van der Waals surface area contributed by atoms with Crippen molar-refractivity contribution >= 4 is 39.1 Å². The van der Waals surface area contributed by atoms with Gasteiger partial charge in [-0.2, -0.15) is 0 Å². The number of benzene rings is 1. The van der Waals surface area contributed by atoms with Crippen LogP contribution in [-0.2, 0) is 26.0 Å². The number of carboxylic acids is 1. The quantitative estimate of drug-likeness (QED) is 0.336. The van der Waals surface area contributed by atoms with Crippen LogP contribution < -0.4 is 15.8 Å². The molecule has 2 rings (SSSR count). The van der Waals surface area contributed by atoms with Gasteiger partial charge in [0.1, 0.15) is 11.0 Å². The van der Waals surface area contributed by atoms with Crippen LogP contribution in [0.2, 0.25) is 0 Å². The molecule has 0 aliphatic rings. The number of primary sulfonamides is 1. The number of aromatic nitrogens is 2. The number of aromatic amines is 1. The molecule has 1 aromatic carbocycles. The van der Waals surface area contributed by atoms with Crippen LogP contribution in [0.1, 0.15) is 17.7 Å². The van der Waals surface area contributed by atoms with E-state index in [1.54, 1.807) is 0 Å². The zero-order chi connectivity index (χ0) is 20.7. The van der Waals surface area contributed by atoms with E-state index in [4.69, 9.17) is 17.4 Å². The van der Waals surface area contributed by atoms with Gasteiger partial charge in [-0.05, 0) is 12.1 Å². The highest BCUT2D eigenvalue weighted by molar-refractivity contribution is 7.89. The Kier molecular flexibility index (Phi) is 7.20. The van der Waals surface area contributed by atoms with Crippen molar-refractivity contribution in [1.29, 1.82) is 0 Å². The molecule has 2 aromatic rings. The first-order valence-corrected chi connectivity index (χ1v) is 10.0. The smallest absolute Gasteiger partial charge is 0.326 e. The molecule has 10 nitrogen and oxygen atoms in total. The van der Waals surface area contributed by atoms with Crippen molar-refractivity contribution in [2.45, 2.75) is 23.8 Å². The van der Waals surface area contributed by atoms with E-state index >= 15 is 0 Å². The highest BCUT2D eigenvalue weighted by atomic mass is 32.2. The normalized spacial score (nSPS) is 12.2. The van der Waals surface area contributed by atoms with Crippen molar-refractivity contribution in [3.05, 3.63) is 48.0 Å². The predicted molar refractivity (Wildman–Crippen MR) is 104 cm³/mol. The maximum Gasteiger partial charge on any atom is 0.326 e. The molecule has 0 bridgehead atoms. The summed E-state index contributed by atoms with van der Waals surface area (Å²) in [5.41, 5.74) is 1.15. The van der Waals surface area contributed by atoms with E-state index in [1.165, 1.54) is 36.8 Å². The van der Waals surface area contributed by atoms with E-state index in [0.717, 1.165) is 0 Å². The van der Waals surface area contributed by atoms with Gasteiger partial charge >= 0.3 is 5.97 Å². The average Bonchev–Trinajstić information content (AvgIpc) is 3.13. The Morgan fingerprint density at radius 1 is 1.29 bits per heavy atom. The van der Waals surface area contributed by atoms with Crippen molar-refractivity contribution in [1.82, 2.24) is 20.6 Å². The molecule has 150 valence electrons. The van der Waals surface area contributed by atoms with Crippen LogP contribution in [-0.4, -0.2) is 52.9 Å². The molecule has 0 fully saturated rings. The molecular formula is C16H19N5O5S2. The van der Waals surface area contributed by atoms with E-state index in [0.29, 0.717) is 16.2 Å². The number of carbonyl (C=O) groups excluding carboxylic acids is 1. The van der Waals surface area contributed by atoms with E-state index in [9.17, 15) is 23.1 Å². The van der Waals surface area contributed by atoms with Gasteiger partial charge in [0.05, 0.1) is 11.2 Å². The van der Waals surface area contributed by atoms with Crippen molar-refractivity contribution < 1.29 is 23.1 Å². The Morgan fingerprint density at radius 3 is 2.50 bits per heavy atom. The van der Waals surface area contributed by atoms with Gasteiger partial charge in [-0.3, -0.25) is 4.79 Å². The van der Waals surface area contributed by atoms with Gasteiger partial charge < -0.3 is 20.7 Å². The number of H-pyrrole nitrogens is 1. The molecule has 0 aliphatic carbocycles. The molecule has 28 heavy (non-hydrogen) atoms. The van der Waals surface area contributed by atoms with Crippen LogP contribution >= 0.6 is 12.2 Å². The molecule has 0 aliphatic heterocycles. The van der Waals surface area contributed by atoms with Crippen LogP contribution in [0, 0.1) is 0 Å². The standard InChI is InChI=1S/C16H19N5O5S2/c17-28(25,26)12-3-1-10(2-4-12)15(27)19-6-5-14(22)21-13(16(23)24)7-11-8-18-9-20-11/h1-4,8-9,13H,5-7H2,(H,18,20)(H,19,27)(H,21,22)(H,23,24)(H2,17,25,26). The minimum Gasteiger partial charge on any atom is -0.480 e. The molecule has 0 saturated heterocycles. The Hall–Kier alpha value is -2.83. The topological polar surface area (TPSA) is 167 Å². The summed E-state index contributed by atoms with van der Waals surface area (Å²) < 4.78 is 22.5. The van der Waals surface area contributed by atoms with Gasteiger partial charge in [-0.1, -0.05) is 24.4 Å². The number of nitrogens with one attached hydrogen (secondary N) is 3. The highest BCUT2D eigenvalue weighted by Gasteiger charge is 2.20. The molecule has 0 radical (unpaired) electrons. The second-order valence-corrected chi connectivity index (χ2v) is 7.78. The van der Waals surface area contributed by atoms with Crippen molar-refractivity contribution in [3.8, 4) is 0 Å². The lowest BCUT2D eigenvalue weighted by Gasteiger charge is -2.14. The Labute approximate surface area is 166 Å². The maximum atomic E-state index is 12.0. The lowest BCUT2D eigenvalue weighted by molar-refractivity contribution is -0.141. The molecular weight excluding hydrogens is 406 g/mol. The van der Waals surface area contributed by atoms with Gasteiger partial charge in [0.25, 0.3) is 0 Å². The molecule has 12 heteroatoms. The van der Waals surface area contributed by atoms with Gasteiger partial charge in [-0.25, -0.2) is 23.3 Å². The Bertz CT molecular complexity index is 942. The molecule has 0 saturated carbocycles. The van der Waals surface area contributed by atoms with Gasteiger partial charge in [0.15, 0.2) is 0 Å². The number of hydrogen-bond acceptors (Lipinski definition) is 6. The molecule has 6 N–H and O–H groups in total. The number of nitrogens with two attached hydrogens (primary N) is 1. The number of nitrogens with zero attached hydrogens (tertiary/aromatic N) is 1. The van der Waals surface area contributed by atoms with Crippen molar-refractivity contribution in [2.75, 3.05) is 6.54 Å². The fraction of sp³-hybridized carbons (Fsp3) is 0.250. The first-order chi connectivity index (χ1) is 13.2. The lowest BCUT2D eigenvalue weighted by Crippen LogP contribution is -2.43. The molecule has 1 aromatic heterocycles. The number of thiocarbonyl (C=S) groups is 1. The van der Waals surface area contributed by atoms with E-state index < -0.39 is 27.9 Å². The van der Waals surface area contributed by atoms with Crippen LogP contribution in [0.3, 0.4) is 0 Å². The summed E-state index contributed by atoms with van der Waals surface area (Å²) in [5.74, 6) is -1.60. The third-order valence-electron chi connectivity index (χ3n) is 3.69. The fourth-order valence-electron chi connectivity index (χ4n) is 2.27. The van der Waals surface area contributed by atoms with Gasteiger partial charge in [0.2, 0.25) is 15.9 Å². The number of aliphatic carboxylic acids is 1. The average molecular weight is 425 g/mol.